The second kappa shape index (κ2) is 16.6. The summed E-state index contributed by atoms with van der Waals surface area (Å²) in [4.78, 5) is 2.53. The third-order valence-corrected chi connectivity index (χ3v) is 14.4. The molecule has 0 spiro atoms. The number of rotatable bonds is 9. The minimum atomic E-state index is -0.523. The van der Waals surface area contributed by atoms with E-state index in [4.69, 9.17) is 0 Å². The van der Waals surface area contributed by atoms with Crippen LogP contribution >= 0.6 is 0 Å². The first-order chi connectivity index (χ1) is 31.5. The predicted molar refractivity (Wildman–Crippen MR) is 271 cm³/mol. The molecule has 0 heterocycles. The Morgan fingerprint density at radius 1 is 0.469 bits per heavy atom. The van der Waals surface area contributed by atoms with Gasteiger partial charge in [0, 0.05) is 16.9 Å². The Balaban J connectivity index is 1.15. The molecule has 1 nitrogen and oxygen atoms in total. The Bertz CT molecular complexity index is 3060. The number of hydrogen-bond acceptors (Lipinski definition) is 1. The predicted octanol–water partition coefficient (Wildman–Crippen LogP) is 17.5. The van der Waals surface area contributed by atoms with Crippen molar-refractivity contribution in [3.8, 4) is 33.4 Å². The molecular weight excluding hydrogens is 771 g/mol. The standard InChI is InChI=1S/C63H55N/c1-43(2)55-27-15-16-28-56(55)58-40-49-21-13-14-22-50(49)41-61(58)64(53-36-34-48(35-37-53)47-32-30-46(31-33-47)45-19-7-4-8-20-45)54-38-39-57-60(42-54)63(51-23-9-5-10-24-51,52-25-11-6-12-26-52)59-29-17-18-44(3)62(57)59/h5-6,9-18,21-43,45H,4,7-8,19-20H2,1-3H3. The van der Waals surface area contributed by atoms with Gasteiger partial charge in [-0.2, -0.15) is 0 Å². The molecule has 2 aliphatic carbocycles. The van der Waals surface area contributed by atoms with Crippen LogP contribution in [0.15, 0.2) is 206 Å². The van der Waals surface area contributed by atoms with E-state index in [1.165, 1.54) is 115 Å². The molecule has 0 unspecified atom stereocenters. The van der Waals surface area contributed by atoms with E-state index in [1.807, 2.05) is 0 Å². The summed E-state index contributed by atoms with van der Waals surface area (Å²) in [6, 6.07) is 78.0. The molecule has 0 radical (unpaired) electrons. The average Bonchev–Trinajstić information content (AvgIpc) is 3.66. The summed E-state index contributed by atoms with van der Waals surface area (Å²) < 4.78 is 0. The minimum absolute atomic E-state index is 0.354. The Labute approximate surface area is 379 Å². The number of nitrogens with zero attached hydrogens (tertiary/aromatic N) is 1. The fraction of sp³-hybridized carbons (Fsp3) is 0.175. The van der Waals surface area contributed by atoms with Gasteiger partial charge >= 0.3 is 0 Å². The maximum atomic E-state index is 2.53. The van der Waals surface area contributed by atoms with Crippen molar-refractivity contribution < 1.29 is 0 Å². The zero-order valence-electron chi connectivity index (χ0n) is 37.3. The molecular formula is C63H55N. The van der Waals surface area contributed by atoms with Crippen LogP contribution in [0.25, 0.3) is 44.2 Å². The first-order valence-corrected chi connectivity index (χ1v) is 23.5. The van der Waals surface area contributed by atoms with Crippen molar-refractivity contribution in [3.63, 3.8) is 0 Å². The summed E-state index contributed by atoms with van der Waals surface area (Å²) in [5, 5.41) is 2.45. The highest BCUT2D eigenvalue weighted by Gasteiger charge is 2.47. The average molecular weight is 826 g/mol. The van der Waals surface area contributed by atoms with Crippen molar-refractivity contribution in [1.82, 2.24) is 0 Å². The van der Waals surface area contributed by atoms with Crippen LogP contribution in [0.4, 0.5) is 17.1 Å². The van der Waals surface area contributed by atoms with Gasteiger partial charge in [0.25, 0.3) is 0 Å². The monoisotopic (exact) mass is 825 g/mol. The topological polar surface area (TPSA) is 3.24 Å². The first kappa shape index (κ1) is 39.9. The molecule has 2 aliphatic rings. The lowest BCUT2D eigenvalue weighted by atomic mass is 9.67. The van der Waals surface area contributed by atoms with Crippen molar-refractivity contribution in [3.05, 3.63) is 245 Å². The van der Waals surface area contributed by atoms with Crippen molar-refractivity contribution in [2.45, 2.75) is 70.1 Å². The van der Waals surface area contributed by atoms with Gasteiger partial charge < -0.3 is 4.90 Å². The van der Waals surface area contributed by atoms with Gasteiger partial charge in [0.2, 0.25) is 0 Å². The van der Waals surface area contributed by atoms with Crippen LogP contribution in [0.5, 0.6) is 0 Å². The SMILES string of the molecule is Cc1cccc2c1-c1ccc(N(c3ccc(-c4ccc(C5CCCCC5)cc4)cc3)c3cc4ccccc4cc3-c3ccccc3C(C)C)cc1C2(c1ccccc1)c1ccccc1. The van der Waals surface area contributed by atoms with Crippen molar-refractivity contribution in [2.75, 3.05) is 4.90 Å². The van der Waals surface area contributed by atoms with Gasteiger partial charge in [-0.1, -0.05) is 203 Å². The number of hydrogen-bond donors (Lipinski definition) is 0. The van der Waals surface area contributed by atoms with E-state index in [-0.39, 0.29) is 0 Å². The molecule has 0 atom stereocenters. The molecule has 9 aromatic rings. The maximum Gasteiger partial charge on any atom is 0.0714 e. The van der Waals surface area contributed by atoms with E-state index in [9.17, 15) is 0 Å². The fourth-order valence-corrected chi connectivity index (χ4v) is 11.3. The van der Waals surface area contributed by atoms with E-state index in [2.05, 4.69) is 232 Å². The molecule has 1 heteroatoms. The van der Waals surface area contributed by atoms with Crippen LogP contribution in [0.1, 0.15) is 96.7 Å². The van der Waals surface area contributed by atoms with Gasteiger partial charge in [-0.25, -0.2) is 0 Å². The summed E-state index contributed by atoms with van der Waals surface area (Å²) in [7, 11) is 0. The van der Waals surface area contributed by atoms with Crippen molar-refractivity contribution in [2.24, 2.45) is 0 Å². The molecule has 9 aromatic carbocycles. The summed E-state index contributed by atoms with van der Waals surface area (Å²) in [6.07, 6.45) is 6.71. The molecule has 11 rings (SSSR count). The summed E-state index contributed by atoms with van der Waals surface area (Å²) in [6.45, 7) is 6.89. The number of anilines is 3. The Morgan fingerprint density at radius 2 is 1.06 bits per heavy atom. The number of fused-ring (bicyclic) bond motifs is 4. The quantitative estimate of drug-likeness (QED) is 0.140. The highest BCUT2D eigenvalue weighted by molar-refractivity contribution is 6.00. The van der Waals surface area contributed by atoms with Gasteiger partial charge in [-0.05, 0) is 146 Å². The van der Waals surface area contributed by atoms with Crippen LogP contribution in [0, 0.1) is 6.92 Å². The third kappa shape index (κ3) is 6.77. The summed E-state index contributed by atoms with van der Waals surface area (Å²) >= 11 is 0. The number of aryl methyl sites for hydroxylation is 1. The lowest BCUT2D eigenvalue weighted by Gasteiger charge is -2.35. The molecule has 312 valence electrons. The molecule has 0 N–H and O–H groups in total. The number of benzene rings is 9. The van der Waals surface area contributed by atoms with E-state index in [0.29, 0.717) is 11.8 Å². The van der Waals surface area contributed by atoms with Crippen molar-refractivity contribution in [1.29, 1.82) is 0 Å². The summed E-state index contributed by atoms with van der Waals surface area (Å²) in [5.41, 5.74) is 19.8. The molecule has 0 amide bonds. The van der Waals surface area contributed by atoms with Crippen molar-refractivity contribution >= 4 is 27.8 Å². The van der Waals surface area contributed by atoms with Crippen LogP contribution in [0.3, 0.4) is 0 Å². The smallest absolute Gasteiger partial charge is 0.0714 e. The van der Waals surface area contributed by atoms with Gasteiger partial charge in [0.05, 0.1) is 11.1 Å². The van der Waals surface area contributed by atoms with Gasteiger partial charge in [-0.15, -0.1) is 0 Å². The van der Waals surface area contributed by atoms with Gasteiger partial charge in [0.1, 0.15) is 0 Å². The van der Waals surface area contributed by atoms with Crippen LogP contribution in [-0.2, 0) is 5.41 Å². The molecule has 0 bridgehead atoms. The Morgan fingerprint density at radius 3 is 1.73 bits per heavy atom. The molecule has 0 aromatic heterocycles. The molecule has 1 saturated carbocycles. The van der Waals surface area contributed by atoms with Crippen LogP contribution < -0.4 is 4.90 Å². The molecule has 0 saturated heterocycles. The maximum absolute atomic E-state index is 2.53. The molecule has 0 aliphatic heterocycles. The highest BCUT2D eigenvalue weighted by atomic mass is 15.1. The molecule has 1 fully saturated rings. The molecule has 64 heavy (non-hydrogen) atoms. The van der Waals surface area contributed by atoms with Crippen LogP contribution in [-0.4, -0.2) is 0 Å². The second-order valence-electron chi connectivity index (χ2n) is 18.5. The zero-order chi connectivity index (χ0) is 43.2. The lowest BCUT2D eigenvalue weighted by Crippen LogP contribution is -2.28. The lowest BCUT2D eigenvalue weighted by molar-refractivity contribution is 0.443. The van der Waals surface area contributed by atoms with E-state index >= 15 is 0 Å². The van der Waals surface area contributed by atoms with E-state index in [1.54, 1.807) is 0 Å². The van der Waals surface area contributed by atoms with E-state index in [0.717, 1.165) is 17.1 Å². The third-order valence-electron chi connectivity index (χ3n) is 14.4. The Kier molecular flexibility index (Phi) is 10.4. The highest BCUT2D eigenvalue weighted by Crippen LogP contribution is 2.58. The van der Waals surface area contributed by atoms with Crippen LogP contribution in [0.2, 0.25) is 0 Å². The van der Waals surface area contributed by atoms with E-state index < -0.39 is 5.41 Å². The zero-order valence-corrected chi connectivity index (χ0v) is 37.3. The second-order valence-corrected chi connectivity index (χ2v) is 18.5. The summed E-state index contributed by atoms with van der Waals surface area (Å²) in [5.74, 6) is 1.05. The minimum Gasteiger partial charge on any atom is -0.310 e. The normalized spacial score (nSPS) is 14.4. The first-order valence-electron chi connectivity index (χ1n) is 23.5. The largest absolute Gasteiger partial charge is 0.310 e. The van der Waals surface area contributed by atoms with Gasteiger partial charge in [0.15, 0.2) is 0 Å². The Hall–Kier alpha value is -6.96. The fourth-order valence-electron chi connectivity index (χ4n) is 11.3. The van der Waals surface area contributed by atoms with Gasteiger partial charge in [-0.3, -0.25) is 0 Å².